The van der Waals surface area contributed by atoms with Gasteiger partial charge < -0.3 is 15.4 Å². The van der Waals surface area contributed by atoms with Crippen LogP contribution in [-0.2, 0) is 23.5 Å². The minimum absolute atomic E-state index is 0.0200. The zero-order valence-electron chi connectivity index (χ0n) is 17.3. The van der Waals surface area contributed by atoms with Crippen LogP contribution in [0.15, 0.2) is 54.6 Å². The van der Waals surface area contributed by atoms with E-state index in [4.69, 9.17) is 17.0 Å². The van der Waals surface area contributed by atoms with E-state index in [0.29, 0.717) is 18.6 Å². The molecule has 34 heavy (non-hydrogen) atoms. The fourth-order valence-corrected chi connectivity index (χ4v) is 4.34. The summed E-state index contributed by atoms with van der Waals surface area (Å²) in [6, 6.07) is 12.0. The van der Waals surface area contributed by atoms with E-state index >= 15 is 0 Å². The molecule has 0 aliphatic rings. The molecule has 0 unspecified atom stereocenters. The molecule has 0 spiro atoms. The highest BCUT2D eigenvalue weighted by Crippen LogP contribution is 2.38. The second-order valence-corrected chi connectivity index (χ2v) is 8.53. The van der Waals surface area contributed by atoms with E-state index in [1.165, 1.54) is 7.11 Å². The van der Waals surface area contributed by atoms with Crippen LogP contribution in [0.5, 0.6) is 0 Å². The van der Waals surface area contributed by atoms with Gasteiger partial charge in [-0.05, 0) is 42.0 Å². The van der Waals surface area contributed by atoms with E-state index in [-0.39, 0.29) is 21.7 Å². The molecule has 0 bridgehead atoms. The summed E-state index contributed by atoms with van der Waals surface area (Å²) in [6.45, 7) is 0. The van der Waals surface area contributed by atoms with E-state index in [9.17, 15) is 31.1 Å². The van der Waals surface area contributed by atoms with Crippen LogP contribution >= 0.6 is 23.6 Å². The van der Waals surface area contributed by atoms with Crippen LogP contribution in [0.1, 0.15) is 31.9 Å². The number of carbonyl (C=O) groups excluding carboxylic acids is 1. The zero-order valence-corrected chi connectivity index (χ0v) is 18.9. The number of ether oxygens (including phenoxy) is 1. The van der Waals surface area contributed by atoms with E-state index in [2.05, 4.69) is 10.6 Å². The Bertz CT molecular complexity index is 1160. The molecule has 2 N–H and O–H groups in total. The lowest BCUT2D eigenvalue weighted by Crippen LogP contribution is -2.21. The van der Waals surface area contributed by atoms with Gasteiger partial charge >= 0.3 is 18.3 Å². The lowest BCUT2D eigenvalue weighted by Gasteiger charge is -2.16. The highest BCUT2D eigenvalue weighted by Gasteiger charge is 2.37. The summed E-state index contributed by atoms with van der Waals surface area (Å²) < 4.78 is 83.3. The van der Waals surface area contributed by atoms with Crippen molar-refractivity contribution in [3.05, 3.63) is 81.7 Å². The Hall–Kier alpha value is -3.12. The van der Waals surface area contributed by atoms with Crippen LogP contribution in [0.3, 0.4) is 0 Å². The Balaban J connectivity index is 1.86. The average Bonchev–Trinajstić information content (AvgIpc) is 3.14. The predicted molar refractivity (Wildman–Crippen MR) is 121 cm³/mol. The molecule has 3 aromatic rings. The van der Waals surface area contributed by atoms with Crippen LogP contribution in [0, 0.1) is 0 Å². The van der Waals surface area contributed by atoms with Crippen molar-refractivity contribution in [1.29, 1.82) is 0 Å². The van der Waals surface area contributed by atoms with Crippen molar-refractivity contribution in [2.45, 2.75) is 18.8 Å². The fraction of sp³-hybridized carbons (Fsp3) is 0.182. The number of anilines is 2. The number of thiophene rings is 1. The third-order valence-electron chi connectivity index (χ3n) is 4.48. The Morgan fingerprint density at radius 1 is 0.941 bits per heavy atom. The van der Waals surface area contributed by atoms with Crippen LogP contribution in [0.25, 0.3) is 0 Å². The Labute approximate surface area is 199 Å². The molecule has 0 atom stereocenters. The van der Waals surface area contributed by atoms with Crippen molar-refractivity contribution in [1.82, 2.24) is 0 Å². The lowest BCUT2D eigenvalue weighted by atomic mass is 10.1. The van der Waals surface area contributed by atoms with Gasteiger partial charge in [-0.3, -0.25) is 0 Å². The number of rotatable bonds is 5. The van der Waals surface area contributed by atoms with Gasteiger partial charge in [0.25, 0.3) is 0 Å². The summed E-state index contributed by atoms with van der Waals surface area (Å²) in [5.41, 5.74) is -2.38. The van der Waals surface area contributed by atoms with Crippen molar-refractivity contribution in [3.63, 3.8) is 0 Å². The van der Waals surface area contributed by atoms with Gasteiger partial charge in [0.05, 0.1) is 23.8 Å². The molecular weight excluding hydrogens is 502 g/mol. The quantitative estimate of drug-likeness (QED) is 0.217. The van der Waals surface area contributed by atoms with Gasteiger partial charge in [0.2, 0.25) is 0 Å². The molecule has 0 saturated heterocycles. The van der Waals surface area contributed by atoms with Crippen molar-refractivity contribution < 1.29 is 35.9 Å². The molecule has 12 heteroatoms. The third kappa shape index (κ3) is 6.48. The van der Waals surface area contributed by atoms with Gasteiger partial charge in [0, 0.05) is 17.0 Å². The second kappa shape index (κ2) is 10.0. The molecule has 1 heterocycles. The first-order chi connectivity index (χ1) is 15.9. The smallest absolute Gasteiger partial charge is 0.416 e. The minimum Gasteiger partial charge on any atom is -0.465 e. The van der Waals surface area contributed by atoms with Gasteiger partial charge in [-0.15, -0.1) is 11.3 Å². The molecule has 0 saturated carbocycles. The van der Waals surface area contributed by atoms with Gasteiger partial charge in [-0.1, -0.05) is 30.3 Å². The molecule has 180 valence electrons. The zero-order chi connectivity index (χ0) is 25.1. The normalized spacial score (nSPS) is 11.7. The highest BCUT2D eigenvalue weighted by molar-refractivity contribution is 7.80. The van der Waals surface area contributed by atoms with Gasteiger partial charge in [0.15, 0.2) is 5.11 Å². The van der Waals surface area contributed by atoms with Crippen molar-refractivity contribution in [3.8, 4) is 0 Å². The van der Waals surface area contributed by atoms with Gasteiger partial charge in [-0.25, -0.2) is 4.79 Å². The van der Waals surface area contributed by atoms with E-state index < -0.39 is 35.1 Å². The number of hydrogen-bond acceptors (Lipinski definition) is 4. The Morgan fingerprint density at radius 2 is 1.53 bits per heavy atom. The number of hydrogen-bond donors (Lipinski definition) is 2. The minimum atomic E-state index is -5.00. The van der Waals surface area contributed by atoms with Crippen LogP contribution < -0.4 is 10.6 Å². The first-order valence-electron chi connectivity index (χ1n) is 9.49. The number of thiocarbonyl (C=S) groups is 1. The molecular formula is C22H16F6N2O2S2. The molecule has 4 nitrogen and oxygen atoms in total. The number of carbonyl (C=O) groups is 1. The highest BCUT2D eigenvalue weighted by atomic mass is 32.1. The summed E-state index contributed by atoms with van der Waals surface area (Å²) in [4.78, 5) is 12.9. The maximum Gasteiger partial charge on any atom is 0.416 e. The van der Waals surface area contributed by atoms with E-state index in [1.54, 1.807) is 6.07 Å². The molecule has 0 aliphatic carbocycles. The number of alkyl halides is 6. The number of esters is 1. The number of halogens is 6. The summed E-state index contributed by atoms with van der Waals surface area (Å²) >= 11 is 6.23. The van der Waals surface area contributed by atoms with Crippen molar-refractivity contribution in [2.24, 2.45) is 0 Å². The average molecular weight is 519 g/mol. The van der Waals surface area contributed by atoms with E-state index in [0.717, 1.165) is 21.8 Å². The number of nitrogens with one attached hydrogen (secondary N) is 2. The molecule has 2 aromatic carbocycles. The maximum absolute atomic E-state index is 13.1. The summed E-state index contributed by atoms with van der Waals surface area (Å²) in [5.74, 6) is -0.681. The largest absolute Gasteiger partial charge is 0.465 e. The van der Waals surface area contributed by atoms with Crippen LogP contribution in [0.4, 0.5) is 37.0 Å². The van der Waals surface area contributed by atoms with Gasteiger partial charge in [-0.2, -0.15) is 26.3 Å². The van der Waals surface area contributed by atoms with Crippen LogP contribution in [0.2, 0.25) is 0 Å². The van der Waals surface area contributed by atoms with Crippen molar-refractivity contribution >= 4 is 45.3 Å². The molecule has 3 rings (SSSR count). The van der Waals surface area contributed by atoms with E-state index in [1.807, 2.05) is 30.3 Å². The van der Waals surface area contributed by atoms with Crippen LogP contribution in [-0.4, -0.2) is 18.2 Å². The Morgan fingerprint density at radius 3 is 2.06 bits per heavy atom. The summed E-state index contributed by atoms with van der Waals surface area (Å²) in [5, 5.41) is 4.94. The second-order valence-electron chi connectivity index (χ2n) is 6.98. The maximum atomic E-state index is 13.1. The number of benzene rings is 2. The van der Waals surface area contributed by atoms with Gasteiger partial charge in [0.1, 0.15) is 5.00 Å². The molecule has 0 radical (unpaired) electrons. The van der Waals surface area contributed by atoms with Crippen molar-refractivity contribution in [2.75, 3.05) is 17.7 Å². The fourth-order valence-electron chi connectivity index (χ4n) is 2.97. The monoisotopic (exact) mass is 518 g/mol. The predicted octanol–water partition coefficient (Wildman–Crippen LogP) is 6.97. The number of methoxy groups -OCH3 is 1. The summed E-state index contributed by atoms with van der Waals surface area (Å²) in [7, 11) is 1.18. The third-order valence-corrected chi connectivity index (χ3v) is 5.74. The summed E-state index contributed by atoms with van der Waals surface area (Å²) in [6.07, 6.45) is -9.50. The first kappa shape index (κ1) is 25.5. The molecule has 0 aliphatic heterocycles. The SMILES string of the molecule is COC(=O)c1cc(Cc2ccccc2)sc1NC(=S)Nc1cc(C(F)(F)F)cc(C(F)(F)F)c1. The standard InChI is InChI=1S/C22H16F6N2O2S2/c1-32-19(31)17-11-16(7-12-5-3-2-4-6-12)34-18(17)30-20(33)29-15-9-13(21(23,24)25)8-14(10-15)22(26,27)28/h2-6,8-11H,7H2,1H3,(H2,29,30,33). The lowest BCUT2D eigenvalue weighted by molar-refractivity contribution is -0.143. The molecule has 1 aromatic heterocycles. The molecule has 0 fully saturated rings. The Kier molecular flexibility index (Phi) is 7.51. The first-order valence-corrected chi connectivity index (χ1v) is 10.7. The topological polar surface area (TPSA) is 50.4 Å². The molecule has 0 amide bonds.